The molecule has 332 valence electrons. The van der Waals surface area contributed by atoms with Crippen molar-refractivity contribution in [1.82, 2.24) is 0 Å². The normalized spacial score (nSPS) is 12.1. The fourth-order valence-electron chi connectivity index (χ4n) is 7.46. The second kappa shape index (κ2) is 43.0. The van der Waals surface area contributed by atoms with Crippen LogP contribution in [-0.4, -0.2) is 37.2 Å². The molecule has 0 unspecified atom stereocenters. The summed E-state index contributed by atoms with van der Waals surface area (Å²) < 4.78 is 16.6. The van der Waals surface area contributed by atoms with Gasteiger partial charge in [0, 0.05) is 19.3 Å². The van der Waals surface area contributed by atoms with Crippen LogP contribution in [0.25, 0.3) is 0 Å². The number of rotatable bonds is 44. The van der Waals surface area contributed by atoms with Crippen LogP contribution in [-0.2, 0) is 28.6 Å². The topological polar surface area (TPSA) is 78.9 Å². The first-order chi connectivity index (χ1) is 27.2. The largest absolute Gasteiger partial charge is 0.462 e. The van der Waals surface area contributed by atoms with Crippen LogP contribution < -0.4 is 0 Å². The molecule has 0 aliphatic rings. The van der Waals surface area contributed by atoms with Crippen LogP contribution in [0.5, 0.6) is 0 Å². The summed E-state index contributed by atoms with van der Waals surface area (Å²) in [5.41, 5.74) is 0. The molecule has 0 rings (SSSR count). The van der Waals surface area contributed by atoms with Gasteiger partial charge in [-0.3, -0.25) is 14.4 Å². The zero-order chi connectivity index (χ0) is 41.2. The minimum absolute atomic E-state index is 0.0654. The van der Waals surface area contributed by atoms with E-state index in [-0.39, 0.29) is 31.1 Å². The Labute approximate surface area is 348 Å². The third kappa shape index (κ3) is 43.5. The Bertz CT molecular complexity index is 854. The summed E-state index contributed by atoms with van der Waals surface area (Å²) in [5.74, 6) is 0.814. The molecule has 0 fully saturated rings. The van der Waals surface area contributed by atoms with Crippen molar-refractivity contribution in [3.05, 3.63) is 0 Å². The second-order valence-electron chi connectivity index (χ2n) is 18.1. The molecular formula is C50H96O6. The third-order valence-corrected chi connectivity index (χ3v) is 11.2. The lowest BCUT2D eigenvalue weighted by molar-refractivity contribution is -0.167. The van der Waals surface area contributed by atoms with E-state index in [1.54, 1.807) is 0 Å². The number of ether oxygens (including phenoxy) is 3. The summed E-state index contributed by atoms with van der Waals surface area (Å²) in [7, 11) is 0. The van der Waals surface area contributed by atoms with E-state index in [2.05, 4.69) is 34.6 Å². The molecule has 0 aromatic rings. The smallest absolute Gasteiger partial charge is 0.306 e. The predicted octanol–water partition coefficient (Wildman–Crippen LogP) is 15.8. The van der Waals surface area contributed by atoms with Crippen molar-refractivity contribution in [2.75, 3.05) is 13.2 Å². The van der Waals surface area contributed by atoms with E-state index in [9.17, 15) is 14.4 Å². The molecule has 0 aliphatic carbocycles. The van der Waals surface area contributed by atoms with Crippen molar-refractivity contribution in [1.29, 1.82) is 0 Å². The fourth-order valence-corrected chi connectivity index (χ4v) is 7.46. The molecule has 0 aromatic carbocycles. The van der Waals surface area contributed by atoms with E-state index in [0.717, 1.165) is 76.0 Å². The van der Waals surface area contributed by atoms with Crippen molar-refractivity contribution in [3.63, 3.8) is 0 Å². The molecule has 0 heterocycles. The fraction of sp³-hybridized carbons (Fsp3) is 0.940. The maximum atomic E-state index is 12.6. The van der Waals surface area contributed by atoms with E-state index >= 15 is 0 Å². The maximum absolute atomic E-state index is 12.6. The van der Waals surface area contributed by atoms with Gasteiger partial charge < -0.3 is 14.2 Å². The Morgan fingerprint density at radius 2 is 0.589 bits per heavy atom. The third-order valence-electron chi connectivity index (χ3n) is 11.2. The number of hydrogen-bond donors (Lipinski definition) is 0. The van der Waals surface area contributed by atoms with Gasteiger partial charge in [-0.1, -0.05) is 234 Å². The monoisotopic (exact) mass is 793 g/mol. The number of carbonyl (C=O) groups is 3. The summed E-state index contributed by atoms with van der Waals surface area (Å²) >= 11 is 0. The highest BCUT2D eigenvalue weighted by Crippen LogP contribution is 2.17. The Kier molecular flexibility index (Phi) is 41.8. The molecule has 0 aromatic heterocycles. The molecule has 0 spiro atoms. The van der Waals surface area contributed by atoms with Crippen molar-refractivity contribution >= 4 is 17.9 Å². The van der Waals surface area contributed by atoms with Gasteiger partial charge in [0.15, 0.2) is 6.10 Å². The van der Waals surface area contributed by atoms with E-state index in [4.69, 9.17) is 14.2 Å². The number of carbonyl (C=O) groups excluding carboxylic acids is 3. The molecule has 0 saturated heterocycles. The van der Waals surface area contributed by atoms with E-state index in [0.29, 0.717) is 19.3 Å². The molecule has 0 N–H and O–H groups in total. The predicted molar refractivity (Wildman–Crippen MR) is 238 cm³/mol. The number of unbranched alkanes of at least 4 members (excludes halogenated alkanes) is 29. The van der Waals surface area contributed by atoms with Gasteiger partial charge in [0.2, 0.25) is 0 Å². The van der Waals surface area contributed by atoms with Crippen LogP contribution in [0.3, 0.4) is 0 Å². The molecule has 56 heavy (non-hydrogen) atoms. The van der Waals surface area contributed by atoms with Gasteiger partial charge in [-0.2, -0.15) is 0 Å². The maximum Gasteiger partial charge on any atom is 0.306 e. The first-order valence-electron chi connectivity index (χ1n) is 24.7. The molecule has 0 saturated carbocycles. The Balaban J connectivity index is 4.06. The van der Waals surface area contributed by atoms with Crippen molar-refractivity contribution in [2.24, 2.45) is 11.8 Å². The van der Waals surface area contributed by atoms with Gasteiger partial charge >= 0.3 is 17.9 Å². The van der Waals surface area contributed by atoms with Gasteiger partial charge in [0.05, 0.1) is 0 Å². The SMILES string of the molecule is CCCCCCCC(=O)O[C@@H](COC(=O)CCCCCCCCCCCCCCCCCCC(C)C)COC(=O)CCCCCCCCCCCCCC(C)C. The quantitative estimate of drug-likeness (QED) is 0.0347. The van der Waals surface area contributed by atoms with Gasteiger partial charge in [0.25, 0.3) is 0 Å². The zero-order valence-corrected chi connectivity index (χ0v) is 38.3. The lowest BCUT2D eigenvalue weighted by Gasteiger charge is -2.18. The molecule has 6 heteroatoms. The Hall–Kier alpha value is -1.59. The van der Waals surface area contributed by atoms with Crippen molar-refractivity contribution < 1.29 is 28.6 Å². The van der Waals surface area contributed by atoms with Crippen LogP contribution in [0.4, 0.5) is 0 Å². The summed E-state index contributed by atoms with van der Waals surface area (Å²) in [6, 6.07) is 0. The number of hydrogen-bond acceptors (Lipinski definition) is 6. The van der Waals surface area contributed by atoms with E-state index in [1.807, 2.05) is 0 Å². The van der Waals surface area contributed by atoms with E-state index in [1.165, 1.54) is 154 Å². The van der Waals surface area contributed by atoms with Crippen molar-refractivity contribution in [3.8, 4) is 0 Å². The average Bonchev–Trinajstić information content (AvgIpc) is 3.16. The minimum Gasteiger partial charge on any atom is -0.462 e. The molecule has 0 bridgehead atoms. The van der Waals surface area contributed by atoms with Gasteiger partial charge in [0.1, 0.15) is 13.2 Å². The first kappa shape index (κ1) is 54.4. The Morgan fingerprint density at radius 1 is 0.339 bits per heavy atom. The highest BCUT2D eigenvalue weighted by atomic mass is 16.6. The van der Waals surface area contributed by atoms with E-state index < -0.39 is 6.10 Å². The van der Waals surface area contributed by atoms with Gasteiger partial charge in [-0.25, -0.2) is 0 Å². The lowest BCUT2D eigenvalue weighted by atomic mass is 10.0. The number of esters is 3. The van der Waals surface area contributed by atoms with Crippen LogP contribution in [0, 0.1) is 11.8 Å². The standard InChI is InChI=1S/C50H96O6/c1-6-7-8-28-37-42-50(53)56-47(44-55-49(52)41-36-32-27-23-19-15-17-21-25-30-34-39-46(4)5)43-54-48(51)40-35-31-26-22-18-14-12-10-9-11-13-16-20-24-29-33-38-45(2)3/h45-47H,6-44H2,1-5H3/t47-/m0/s1. The van der Waals surface area contributed by atoms with Crippen LogP contribution in [0.1, 0.15) is 272 Å². The van der Waals surface area contributed by atoms with Gasteiger partial charge in [-0.05, 0) is 31.1 Å². The van der Waals surface area contributed by atoms with Crippen molar-refractivity contribution in [2.45, 2.75) is 278 Å². The van der Waals surface area contributed by atoms with Crippen LogP contribution >= 0.6 is 0 Å². The molecule has 0 radical (unpaired) electrons. The van der Waals surface area contributed by atoms with Crippen LogP contribution in [0.15, 0.2) is 0 Å². The summed E-state index contributed by atoms with van der Waals surface area (Å²) in [6.07, 6.45) is 42.7. The Morgan fingerprint density at radius 3 is 0.875 bits per heavy atom. The van der Waals surface area contributed by atoms with Crippen LogP contribution in [0.2, 0.25) is 0 Å². The highest BCUT2D eigenvalue weighted by molar-refractivity contribution is 5.71. The summed E-state index contributed by atoms with van der Waals surface area (Å²) in [4.78, 5) is 37.6. The van der Waals surface area contributed by atoms with Gasteiger partial charge in [-0.15, -0.1) is 0 Å². The minimum atomic E-state index is -0.759. The first-order valence-corrected chi connectivity index (χ1v) is 24.7. The molecular weight excluding hydrogens is 697 g/mol. The lowest BCUT2D eigenvalue weighted by Crippen LogP contribution is -2.30. The molecule has 1 atom stereocenters. The average molecular weight is 793 g/mol. The molecule has 6 nitrogen and oxygen atoms in total. The zero-order valence-electron chi connectivity index (χ0n) is 38.3. The summed E-state index contributed by atoms with van der Waals surface area (Å²) in [6.45, 7) is 11.3. The molecule has 0 amide bonds. The highest BCUT2D eigenvalue weighted by Gasteiger charge is 2.19. The second-order valence-corrected chi connectivity index (χ2v) is 18.1. The molecule has 0 aliphatic heterocycles. The summed E-state index contributed by atoms with van der Waals surface area (Å²) in [5, 5.41) is 0.